The van der Waals surface area contributed by atoms with Gasteiger partial charge in [0.2, 0.25) is 0 Å². The summed E-state index contributed by atoms with van der Waals surface area (Å²) in [5.74, 6) is 0.142. The normalized spacial score (nSPS) is 10.9. The first kappa shape index (κ1) is 18.7. The molecule has 0 spiro atoms. The fourth-order valence-corrected chi connectivity index (χ4v) is 2.48. The number of primary amides is 1. The number of nitriles is 1. The summed E-state index contributed by atoms with van der Waals surface area (Å²) in [7, 11) is 1.49. The van der Waals surface area contributed by atoms with Crippen LogP contribution in [0, 0.1) is 11.3 Å². The first-order chi connectivity index (χ1) is 11.9. The lowest BCUT2D eigenvalue weighted by Crippen LogP contribution is -2.12. The molecule has 5 nitrogen and oxygen atoms in total. The van der Waals surface area contributed by atoms with Gasteiger partial charge in [0.25, 0.3) is 5.91 Å². The molecule has 2 aromatic rings. The number of halogens is 2. The summed E-state index contributed by atoms with van der Waals surface area (Å²) in [6.07, 6.45) is 1.38. The van der Waals surface area contributed by atoms with E-state index in [1.165, 1.54) is 13.2 Å². The molecule has 0 aliphatic carbocycles. The average molecular weight is 377 g/mol. The molecule has 0 saturated heterocycles. The van der Waals surface area contributed by atoms with Crippen molar-refractivity contribution in [1.29, 1.82) is 5.26 Å². The Bertz CT molecular complexity index is 873. The van der Waals surface area contributed by atoms with Crippen molar-refractivity contribution in [3.05, 3.63) is 63.1 Å². The minimum Gasteiger partial charge on any atom is -0.493 e. The maximum Gasteiger partial charge on any atom is 0.259 e. The lowest BCUT2D eigenvalue weighted by atomic mass is 10.1. The van der Waals surface area contributed by atoms with E-state index in [0.717, 1.165) is 5.56 Å². The third-order valence-electron chi connectivity index (χ3n) is 3.28. The van der Waals surface area contributed by atoms with Crippen molar-refractivity contribution >= 4 is 35.2 Å². The van der Waals surface area contributed by atoms with Crippen molar-refractivity contribution in [2.75, 3.05) is 7.11 Å². The molecule has 2 aromatic carbocycles. The lowest BCUT2D eigenvalue weighted by Gasteiger charge is -2.12. The van der Waals surface area contributed by atoms with Gasteiger partial charge in [0, 0.05) is 15.6 Å². The molecule has 0 unspecified atom stereocenters. The van der Waals surface area contributed by atoms with Crippen LogP contribution in [-0.4, -0.2) is 13.0 Å². The van der Waals surface area contributed by atoms with E-state index >= 15 is 0 Å². The molecule has 0 aliphatic rings. The molecule has 0 bridgehead atoms. The summed E-state index contributed by atoms with van der Waals surface area (Å²) in [6, 6.07) is 11.9. The van der Waals surface area contributed by atoms with Gasteiger partial charge in [-0.2, -0.15) is 5.26 Å². The fraction of sp³-hybridized carbons (Fsp3) is 0.111. The number of benzene rings is 2. The number of amides is 1. The van der Waals surface area contributed by atoms with Gasteiger partial charge in [-0.1, -0.05) is 35.3 Å². The molecule has 2 N–H and O–H groups in total. The maximum atomic E-state index is 11.1. The van der Waals surface area contributed by atoms with Crippen LogP contribution < -0.4 is 15.2 Å². The quantitative estimate of drug-likeness (QED) is 0.610. The highest BCUT2D eigenvalue weighted by molar-refractivity contribution is 6.35. The topological polar surface area (TPSA) is 85.3 Å². The zero-order chi connectivity index (χ0) is 18.4. The highest BCUT2D eigenvalue weighted by Crippen LogP contribution is 2.30. The second-order valence-corrected chi connectivity index (χ2v) is 5.81. The molecule has 0 atom stereocenters. The fourth-order valence-electron chi connectivity index (χ4n) is 2.01. The van der Waals surface area contributed by atoms with Crippen molar-refractivity contribution in [3.8, 4) is 17.6 Å². The summed E-state index contributed by atoms with van der Waals surface area (Å²) in [4.78, 5) is 11.1. The lowest BCUT2D eigenvalue weighted by molar-refractivity contribution is -0.114. The Labute approximate surface area is 155 Å². The monoisotopic (exact) mass is 376 g/mol. The third-order valence-corrected chi connectivity index (χ3v) is 3.87. The van der Waals surface area contributed by atoms with Crippen LogP contribution in [0.1, 0.15) is 11.1 Å². The van der Waals surface area contributed by atoms with Gasteiger partial charge in [-0.05, 0) is 35.9 Å². The summed E-state index contributed by atoms with van der Waals surface area (Å²) in [5, 5.41) is 9.95. The van der Waals surface area contributed by atoms with E-state index in [-0.39, 0.29) is 12.2 Å². The van der Waals surface area contributed by atoms with E-state index < -0.39 is 5.91 Å². The van der Waals surface area contributed by atoms with Gasteiger partial charge in [-0.3, -0.25) is 4.79 Å². The average Bonchev–Trinajstić information content (AvgIpc) is 2.59. The zero-order valence-electron chi connectivity index (χ0n) is 13.3. The molecular weight excluding hydrogens is 363 g/mol. The third kappa shape index (κ3) is 4.90. The van der Waals surface area contributed by atoms with Gasteiger partial charge < -0.3 is 15.2 Å². The van der Waals surface area contributed by atoms with Crippen LogP contribution in [0.4, 0.5) is 0 Å². The van der Waals surface area contributed by atoms with E-state index in [4.69, 9.17) is 43.7 Å². The van der Waals surface area contributed by atoms with Crippen LogP contribution in [0.2, 0.25) is 10.0 Å². The zero-order valence-corrected chi connectivity index (χ0v) is 14.8. The number of nitrogens with two attached hydrogens (primary N) is 1. The van der Waals surface area contributed by atoms with Crippen molar-refractivity contribution in [1.82, 2.24) is 0 Å². The molecule has 0 heterocycles. The largest absolute Gasteiger partial charge is 0.493 e. The summed E-state index contributed by atoms with van der Waals surface area (Å²) >= 11 is 12.0. The molecule has 1 amide bonds. The smallest absolute Gasteiger partial charge is 0.259 e. The number of hydrogen-bond acceptors (Lipinski definition) is 4. The van der Waals surface area contributed by atoms with Crippen molar-refractivity contribution < 1.29 is 14.3 Å². The Hall–Kier alpha value is -2.68. The highest BCUT2D eigenvalue weighted by Gasteiger charge is 2.09. The Kier molecular flexibility index (Phi) is 6.29. The van der Waals surface area contributed by atoms with E-state index in [0.29, 0.717) is 27.1 Å². The van der Waals surface area contributed by atoms with Gasteiger partial charge in [-0.25, -0.2) is 0 Å². The van der Waals surface area contributed by atoms with Gasteiger partial charge in [0.1, 0.15) is 18.2 Å². The number of carbonyl (C=O) groups excluding carboxylic acids is 1. The van der Waals surface area contributed by atoms with Gasteiger partial charge in [0.15, 0.2) is 11.5 Å². The minimum absolute atomic E-state index is 0.149. The number of carbonyl (C=O) groups is 1. The predicted octanol–water partition coefficient (Wildman–Crippen LogP) is 3.97. The second kappa shape index (κ2) is 8.43. The van der Waals surface area contributed by atoms with E-state index in [9.17, 15) is 4.79 Å². The summed E-state index contributed by atoms with van der Waals surface area (Å²) in [6.45, 7) is 0.228. The molecule has 0 saturated carbocycles. The van der Waals surface area contributed by atoms with Gasteiger partial charge in [-0.15, -0.1) is 0 Å². The first-order valence-corrected chi connectivity index (χ1v) is 7.86. The Morgan fingerprint density at radius 3 is 2.60 bits per heavy atom. The van der Waals surface area contributed by atoms with Crippen molar-refractivity contribution in [3.63, 3.8) is 0 Å². The molecule has 7 heteroatoms. The molecule has 25 heavy (non-hydrogen) atoms. The molecular formula is C18H14Cl2N2O3. The summed E-state index contributed by atoms with van der Waals surface area (Å²) < 4.78 is 11.0. The SMILES string of the molecule is COc1cc(/C=C(/C#N)C(N)=O)ccc1OCc1ccc(Cl)cc1Cl. The maximum absolute atomic E-state index is 11.1. The second-order valence-electron chi connectivity index (χ2n) is 4.97. The van der Waals surface area contributed by atoms with Crippen molar-refractivity contribution in [2.24, 2.45) is 5.73 Å². The summed E-state index contributed by atoms with van der Waals surface area (Å²) in [5.41, 5.74) is 6.34. The van der Waals surface area contributed by atoms with E-state index in [1.807, 2.05) is 0 Å². The number of nitrogens with zero attached hydrogens (tertiary/aromatic N) is 1. The van der Waals surface area contributed by atoms with Gasteiger partial charge in [0.05, 0.1) is 7.11 Å². The van der Waals surface area contributed by atoms with E-state index in [2.05, 4.69) is 0 Å². The van der Waals surface area contributed by atoms with Crippen molar-refractivity contribution in [2.45, 2.75) is 6.61 Å². The molecule has 128 valence electrons. The number of ether oxygens (including phenoxy) is 2. The highest BCUT2D eigenvalue weighted by atomic mass is 35.5. The Morgan fingerprint density at radius 1 is 1.24 bits per heavy atom. The molecule has 0 fully saturated rings. The van der Waals surface area contributed by atoms with Crippen LogP contribution in [0.3, 0.4) is 0 Å². The Balaban J connectivity index is 2.22. The molecule has 0 radical (unpaired) electrons. The van der Waals surface area contributed by atoms with Gasteiger partial charge >= 0.3 is 0 Å². The molecule has 0 aliphatic heterocycles. The van der Waals surface area contributed by atoms with Crippen LogP contribution in [0.25, 0.3) is 6.08 Å². The predicted molar refractivity (Wildman–Crippen MR) is 96.6 cm³/mol. The first-order valence-electron chi connectivity index (χ1n) is 7.11. The number of hydrogen-bond donors (Lipinski definition) is 1. The van der Waals surface area contributed by atoms with Crippen LogP contribution in [-0.2, 0) is 11.4 Å². The van der Waals surface area contributed by atoms with Crippen LogP contribution >= 0.6 is 23.2 Å². The van der Waals surface area contributed by atoms with E-state index in [1.54, 1.807) is 42.5 Å². The Morgan fingerprint density at radius 2 is 2.00 bits per heavy atom. The molecule has 2 rings (SSSR count). The minimum atomic E-state index is -0.792. The van der Waals surface area contributed by atoms with Crippen LogP contribution in [0.5, 0.6) is 11.5 Å². The number of methoxy groups -OCH3 is 1. The standard InChI is InChI=1S/C18H14Cl2N2O3/c1-24-17-7-11(6-13(9-21)18(22)23)2-5-16(17)25-10-12-3-4-14(19)8-15(12)20/h2-8H,10H2,1H3,(H2,22,23)/b13-6-. The molecule has 0 aromatic heterocycles. The van der Waals surface area contributed by atoms with Crippen LogP contribution in [0.15, 0.2) is 42.0 Å². The number of rotatable bonds is 6.